The number of aromatic nitrogens is 3. The minimum absolute atomic E-state index is 0.153. The van der Waals surface area contributed by atoms with Crippen LogP contribution in [0.1, 0.15) is 0 Å². The molecule has 5 rings (SSSR count). The Balaban J connectivity index is 1.94. The molecule has 0 aliphatic heterocycles. The fourth-order valence-corrected chi connectivity index (χ4v) is 4.01. The second-order valence-corrected chi connectivity index (χ2v) is 6.59. The maximum atomic E-state index is 12.2. The Bertz CT molecular complexity index is 1250. The first-order valence-corrected chi connectivity index (χ1v) is 8.53. The van der Waals surface area contributed by atoms with E-state index in [4.69, 9.17) is 9.40 Å². The highest BCUT2D eigenvalue weighted by molar-refractivity contribution is 7.25. The molecule has 6 heteroatoms. The summed E-state index contributed by atoms with van der Waals surface area (Å²) in [5.74, 6) is 0.728. The van der Waals surface area contributed by atoms with Crippen LogP contribution in [0.2, 0.25) is 0 Å². The molecule has 0 saturated carbocycles. The Morgan fingerprint density at radius 1 is 1.08 bits per heavy atom. The molecular formula is C19H11N3O2S. The predicted octanol–water partition coefficient (Wildman–Crippen LogP) is 4.46. The summed E-state index contributed by atoms with van der Waals surface area (Å²) >= 11 is 1.35. The number of fused-ring (bicyclic) bond motifs is 3. The second kappa shape index (κ2) is 5.39. The molecule has 1 aromatic carbocycles. The summed E-state index contributed by atoms with van der Waals surface area (Å²) in [5.41, 5.74) is 3.24. The summed E-state index contributed by atoms with van der Waals surface area (Å²) in [6.45, 7) is 0. The maximum Gasteiger partial charge on any atom is 0.268 e. The van der Waals surface area contributed by atoms with Crippen molar-refractivity contribution >= 4 is 31.8 Å². The Kier molecular flexibility index (Phi) is 3.05. The summed E-state index contributed by atoms with van der Waals surface area (Å²) in [6.07, 6.45) is 3.06. The number of nitrogens with one attached hydrogen (secondary N) is 1. The number of benzene rings is 1. The molecule has 0 bridgehead atoms. The monoisotopic (exact) mass is 345 g/mol. The van der Waals surface area contributed by atoms with Crippen LogP contribution in [0.3, 0.4) is 0 Å². The predicted molar refractivity (Wildman–Crippen MR) is 98.7 cm³/mol. The highest BCUT2D eigenvalue weighted by Crippen LogP contribution is 2.39. The van der Waals surface area contributed by atoms with Crippen LogP contribution < -0.4 is 5.56 Å². The van der Waals surface area contributed by atoms with E-state index in [0.717, 1.165) is 32.8 Å². The first-order chi connectivity index (χ1) is 12.3. The fraction of sp³-hybridized carbons (Fsp3) is 0. The number of furan rings is 1. The van der Waals surface area contributed by atoms with Gasteiger partial charge in [0.15, 0.2) is 0 Å². The van der Waals surface area contributed by atoms with E-state index in [1.165, 1.54) is 17.7 Å². The standard InChI is InChI=1S/C19H11N3O2S/c23-18-17-16(20-10-21-18)15-12(14-7-4-8-24-14)9-13(22-19(15)25-17)11-5-2-1-3-6-11/h1-10H,(H,20,21,23). The summed E-state index contributed by atoms with van der Waals surface area (Å²) in [6, 6.07) is 15.7. The molecule has 0 radical (unpaired) electrons. The molecule has 0 unspecified atom stereocenters. The van der Waals surface area contributed by atoms with Crippen molar-refractivity contribution in [3.05, 3.63) is 71.5 Å². The van der Waals surface area contributed by atoms with Gasteiger partial charge >= 0.3 is 0 Å². The SMILES string of the molecule is O=c1[nH]cnc2c1sc1nc(-c3ccccc3)cc(-c3ccco3)c12. The van der Waals surface area contributed by atoms with Crippen molar-refractivity contribution in [3.8, 4) is 22.6 Å². The van der Waals surface area contributed by atoms with Crippen molar-refractivity contribution in [2.24, 2.45) is 0 Å². The summed E-state index contributed by atoms with van der Waals surface area (Å²) < 4.78 is 6.20. The lowest BCUT2D eigenvalue weighted by Gasteiger charge is -2.05. The molecule has 0 amide bonds. The molecule has 5 nitrogen and oxygen atoms in total. The normalized spacial score (nSPS) is 11.4. The van der Waals surface area contributed by atoms with Gasteiger partial charge in [-0.3, -0.25) is 4.79 Å². The van der Waals surface area contributed by atoms with Crippen LogP contribution in [0.25, 0.3) is 43.0 Å². The van der Waals surface area contributed by atoms with E-state index in [2.05, 4.69) is 9.97 Å². The van der Waals surface area contributed by atoms with Gasteiger partial charge in [-0.1, -0.05) is 30.3 Å². The van der Waals surface area contributed by atoms with Crippen LogP contribution >= 0.6 is 11.3 Å². The average Bonchev–Trinajstić information content (AvgIpc) is 3.30. The van der Waals surface area contributed by atoms with Crippen LogP contribution in [0.15, 0.2) is 70.3 Å². The molecule has 0 fully saturated rings. The van der Waals surface area contributed by atoms with Crippen molar-refractivity contribution in [3.63, 3.8) is 0 Å². The zero-order chi connectivity index (χ0) is 16.8. The highest BCUT2D eigenvalue weighted by Gasteiger charge is 2.18. The van der Waals surface area contributed by atoms with E-state index in [1.54, 1.807) is 6.26 Å². The molecular weight excluding hydrogens is 334 g/mol. The van der Waals surface area contributed by atoms with Crippen LogP contribution in [0.5, 0.6) is 0 Å². The summed E-state index contributed by atoms with van der Waals surface area (Å²) in [7, 11) is 0. The van der Waals surface area contributed by atoms with Gasteiger partial charge in [0.05, 0.1) is 23.8 Å². The zero-order valence-electron chi connectivity index (χ0n) is 12.9. The number of rotatable bonds is 2. The van der Waals surface area contributed by atoms with Crippen LogP contribution in [0.4, 0.5) is 0 Å². The number of hydrogen-bond acceptors (Lipinski definition) is 5. The smallest absolute Gasteiger partial charge is 0.268 e. The van der Waals surface area contributed by atoms with E-state index in [0.29, 0.717) is 10.2 Å². The fourth-order valence-electron chi connectivity index (χ4n) is 2.96. The Morgan fingerprint density at radius 3 is 2.76 bits per heavy atom. The molecule has 4 heterocycles. The topological polar surface area (TPSA) is 71.8 Å². The first-order valence-electron chi connectivity index (χ1n) is 7.71. The molecule has 1 N–H and O–H groups in total. The van der Waals surface area contributed by atoms with Crippen LogP contribution in [0, 0.1) is 0 Å². The van der Waals surface area contributed by atoms with E-state index in [1.807, 2.05) is 48.5 Å². The molecule has 0 aliphatic rings. The third-order valence-corrected chi connectivity index (χ3v) is 5.16. The number of hydrogen-bond donors (Lipinski definition) is 1. The van der Waals surface area contributed by atoms with Gasteiger partial charge in [-0.05, 0) is 18.2 Å². The van der Waals surface area contributed by atoms with Crippen LogP contribution in [-0.4, -0.2) is 15.0 Å². The van der Waals surface area contributed by atoms with E-state index in [9.17, 15) is 4.79 Å². The maximum absolute atomic E-state index is 12.2. The van der Waals surface area contributed by atoms with Crippen molar-refractivity contribution in [1.29, 1.82) is 0 Å². The van der Waals surface area contributed by atoms with Gasteiger partial charge in [-0.15, -0.1) is 11.3 Å². The largest absolute Gasteiger partial charge is 0.464 e. The summed E-state index contributed by atoms with van der Waals surface area (Å²) in [4.78, 5) is 24.7. The highest BCUT2D eigenvalue weighted by atomic mass is 32.1. The van der Waals surface area contributed by atoms with Crippen molar-refractivity contribution in [2.75, 3.05) is 0 Å². The number of pyridine rings is 1. The van der Waals surface area contributed by atoms with Crippen molar-refractivity contribution in [1.82, 2.24) is 15.0 Å². The molecule has 25 heavy (non-hydrogen) atoms. The van der Waals surface area contributed by atoms with Crippen molar-refractivity contribution in [2.45, 2.75) is 0 Å². The minimum atomic E-state index is -0.153. The lowest BCUT2D eigenvalue weighted by molar-refractivity contribution is 0.583. The third-order valence-electron chi connectivity index (χ3n) is 4.09. The first kappa shape index (κ1) is 14.1. The van der Waals surface area contributed by atoms with Gasteiger partial charge in [-0.25, -0.2) is 9.97 Å². The van der Waals surface area contributed by atoms with Crippen LogP contribution in [-0.2, 0) is 0 Å². The Labute approximate surface area is 145 Å². The number of aromatic amines is 1. The number of thiophene rings is 1. The molecule has 4 aromatic heterocycles. The molecule has 0 atom stereocenters. The van der Waals surface area contributed by atoms with E-state index in [-0.39, 0.29) is 5.56 Å². The van der Waals surface area contributed by atoms with Gasteiger partial charge in [0.2, 0.25) is 0 Å². The van der Waals surface area contributed by atoms with Gasteiger partial charge in [0, 0.05) is 16.5 Å². The number of H-pyrrole nitrogens is 1. The average molecular weight is 345 g/mol. The quantitative estimate of drug-likeness (QED) is 0.513. The lowest BCUT2D eigenvalue weighted by Crippen LogP contribution is -2.03. The molecule has 5 aromatic rings. The van der Waals surface area contributed by atoms with Gasteiger partial charge < -0.3 is 9.40 Å². The molecule has 120 valence electrons. The third kappa shape index (κ3) is 2.19. The molecule has 0 spiro atoms. The number of nitrogens with zero attached hydrogens (tertiary/aromatic N) is 2. The lowest BCUT2D eigenvalue weighted by atomic mass is 10.0. The minimum Gasteiger partial charge on any atom is -0.464 e. The molecule has 0 aliphatic carbocycles. The van der Waals surface area contributed by atoms with Gasteiger partial charge in [-0.2, -0.15) is 0 Å². The second-order valence-electron chi connectivity index (χ2n) is 5.59. The van der Waals surface area contributed by atoms with E-state index < -0.39 is 0 Å². The zero-order valence-corrected chi connectivity index (χ0v) is 13.7. The van der Waals surface area contributed by atoms with Gasteiger partial charge in [0.1, 0.15) is 15.3 Å². The molecule has 0 saturated heterocycles. The Morgan fingerprint density at radius 2 is 1.96 bits per heavy atom. The van der Waals surface area contributed by atoms with Gasteiger partial charge in [0.25, 0.3) is 5.56 Å². The summed E-state index contributed by atoms with van der Waals surface area (Å²) in [5, 5.41) is 0.848. The van der Waals surface area contributed by atoms with Crippen molar-refractivity contribution < 1.29 is 4.42 Å². The Hall–Kier alpha value is -3.25. The van der Waals surface area contributed by atoms with E-state index >= 15 is 0 Å².